The third-order valence-corrected chi connectivity index (χ3v) is 2.84. The molecule has 2 saturated heterocycles. The van der Waals surface area contributed by atoms with Crippen LogP contribution in [0.2, 0.25) is 0 Å². The van der Waals surface area contributed by atoms with Gasteiger partial charge in [-0.05, 0) is 19.3 Å². The van der Waals surface area contributed by atoms with Crippen molar-refractivity contribution in [1.29, 1.82) is 0 Å². The van der Waals surface area contributed by atoms with Gasteiger partial charge in [-0.3, -0.25) is 9.69 Å². The molecule has 2 fully saturated rings. The van der Waals surface area contributed by atoms with E-state index in [0.717, 1.165) is 26.1 Å². The topological polar surface area (TPSA) is 29.5 Å². The first-order valence-electron chi connectivity index (χ1n) is 5.20. The minimum Gasteiger partial charge on any atom is -0.377 e. The summed E-state index contributed by atoms with van der Waals surface area (Å²) in [6.07, 6.45) is 4.79. The molecule has 0 bridgehead atoms. The Morgan fingerprint density at radius 2 is 2.38 bits per heavy atom. The quantitative estimate of drug-likeness (QED) is 0.635. The zero-order chi connectivity index (χ0) is 9.10. The number of likely N-dealkylation sites (tertiary alicyclic amines) is 1. The second kappa shape index (κ2) is 4.20. The predicted molar refractivity (Wildman–Crippen MR) is 49.7 cm³/mol. The van der Waals surface area contributed by atoms with Crippen LogP contribution < -0.4 is 0 Å². The SMILES string of the molecule is O=C1CCN(CC2CCCCO2)C1. The molecule has 0 aliphatic carbocycles. The summed E-state index contributed by atoms with van der Waals surface area (Å²) >= 11 is 0. The number of nitrogens with zero attached hydrogens (tertiary/aromatic N) is 1. The van der Waals surface area contributed by atoms with E-state index in [4.69, 9.17) is 4.74 Å². The maximum atomic E-state index is 11.0. The molecule has 0 saturated carbocycles. The van der Waals surface area contributed by atoms with Gasteiger partial charge in [-0.25, -0.2) is 0 Å². The van der Waals surface area contributed by atoms with Gasteiger partial charge in [0.2, 0.25) is 0 Å². The zero-order valence-corrected chi connectivity index (χ0v) is 8.00. The normalized spacial score (nSPS) is 31.1. The van der Waals surface area contributed by atoms with Crippen LogP contribution >= 0.6 is 0 Å². The van der Waals surface area contributed by atoms with Crippen molar-refractivity contribution < 1.29 is 9.53 Å². The van der Waals surface area contributed by atoms with E-state index in [1.54, 1.807) is 0 Å². The molecule has 3 nitrogen and oxygen atoms in total. The number of hydrogen-bond acceptors (Lipinski definition) is 3. The van der Waals surface area contributed by atoms with Gasteiger partial charge >= 0.3 is 0 Å². The lowest BCUT2D eigenvalue weighted by Crippen LogP contribution is -2.34. The molecule has 0 N–H and O–H groups in total. The Balaban J connectivity index is 1.73. The predicted octanol–water partition coefficient (Wildman–Crippen LogP) is 0.830. The van der Waals surface area contributed by atoms with E-state index in [0.29, 0.717) is 18.4 Å². The van der Waals surface area contributed by atoms with E-state index < -0.39 is 0 Å². The van der Waals surface area contributed by atoms with Crippen molar-refractivity contribution in [2.24, 2.45) is 0 Å². The van der Waals surface area contributed by atoms with Crippen LogP contribution in [0.25, 0.3) is 0 Å². The Morgan fingerprint density at radius 1 is 1.46 bits per heavy atom. The number of ketones is 1. The van der Waals surface area contributed by atoms with Gasteiger partial charge in [-0.15, -0.1) is 0 Å². The Bertz CT molecular complexity index is 187. The van der Waals surface area contributed by atoms with Crippen molar-refractivity contribution in [3.8, 4) is 0 Å². The van der Waals surface area contributed by atoms with Crippen LogP contribution in [0.4, 0.5) is 0 Å². The first kappa shape index (κ1) is 9.16. The van der Waals surface area contributed by atoms with E-state index in [-0.39, 0.29) is 0 Å². The Kier molecular flexibility index (Phi) is 2.96. The summed E-state index contributed by atoms with van der Waals surface area (Å²) in [6, 6.07) is 0. The van der Waals surface area contributed by atoms with Crippen LogP contribution in [0.3, 0.4) is 0 Å². The zero-order valence-electron chi connectivity index (χ0n) is 8.00. The molecule has 0 aromatic rings. The summed E-state index contributed by atoms with van der Waals surface area (Å²) in [5.74, 6) is 0.385. The second-order valence-electron chi connectivity index (χ2n) is 4.01. The average Bonchev–Trinajstić information content (AvgIpc) is 2.53. The maximum absolute atomic E-state index is 11.0. The number of ether oxygens (including phenoxy) is 1. The first-order valence-corrected chi connectivity index (χ1v) is 5.20. The second-order valence-corrected chi connectivity index (χ2v) is 4.01. The van der Waals surface area contributed by atoms with Crippen molar-refractivity contribution in [2.45, 2.75) is 31.8 Å². The molecule has 0 amide bonds. The number of hydrogen-bond donors (Lipinski definition) is 0. The lowest BCUT2D eigenvalue weighted by atomic mass is 10.1. The smallest absolute Gasteiger partial charge is 0.148 e. The van der Waals surface area contributed by atoms with E-state index in [1.807, 2.05) is 0 Å². The summed E-state index contributed by atoms with van der Waals surface area (Å²) in [6.45, 7) is 3.47. The molecule has 0 radical (unpaired) electrons. The highest BCUT2D eigenvalue weighted by Gasteiger charge is 2.23. The average molecular weight is 183 g/mol. The van der Waals surface area contributed by atoms with E-state index in [9.17, 15) is 4.79 Å². The number of Topliss-reactive ketones (excluding diaryl/α,β-unsaturated/α-hetero) is 1. The fourth-order valence-electron chi connectivity index (χ4n) is 2.09. The lowest BCUT2D eigenvalue weighted by molar-refractivity contribution is -0.117. The van der Waals surface area contributed by atoms with Gasteiger partial charge in [0.25, 0.3) is 0 Å². The van der Waals surface area contributed by atoms with Crippen LogP contribution in [0, 0.1) is 0 Å². The van der Waals surface area contributed by atoms with Crippen LogP contribution in [0.1, 0.15) is 25.7 Å². The summed E-state index contributed by atoms with van der Waals surface area (Å²) in [7, 11) is 0. The lowest BCUT2D eigenvalue weighted by Gasteiger charge is -2.26. The Labute approximate surface area is 79.0 Å². The number of carbonyl (C=O) groups is 1. The fraction of sp³-hybridized carbons (Fsp3) is 0.900. The highest BCUT2D eigenvalue weighted by Crippen LogP contribution is 2.15. The van der Waals surface area contributed by atoms with E-state index in [1.165, 1.54) is 19.3 Å². The maximum Gasteiger partial charge on any atom is 0.148 e. The fourth-order valence-corrected chi connectivity index (χ4v) is 2.09. The molecular weight excluding hydrogens is 166 g/mol. The van der Waals surface area contributed by atoms with Crippen molar-refractivity contribution in [1.82, 2.24) is 4.90 Å². The number of rotatable bonds is 2. The van der Waals surface area contributed by atoms with Crippen molar-refractivity contribution >= 4 is 5.78 Å². The van der Waals surface area contributed by atoms with Crippen molar-refractivity contribution in [2.75, 3.05) is 26.2 Å². The van der Waals surface area contributed by atoms with Crippen molar-refractivity contribution in [3.63, 3.8) is 0 Å². The van der Waals surface area contributed by atoms with Crippen LogP contribution in [-0.4, -0.2) is 43.0 Å². The summed E-state index contributed by atoms with van der Waals surface area (Å²) in [4.78, 5) is 13.2. The summed E-state index contributed by atoms with van der Waals surface area (Å²) in [5, 5.41) is 0. The van der Waals surface area contributed by atoms with Gasteiger partial charge in [-0.2, -0.15) is 0 Å². The van der Waals surface area contributed by atoms with Crippen LogP contribution in [0.15, 0.2) is 0 Å². The summed E-state index contributed by atoms with van der Waals surface area (Å²) in [5.41, 5.74) is 0. The Morgan fingerprint density at radius 3 is 3.00 bits per heavy atom. The molecule has 2 heterocycles. The molecule has 1 atom stereocenters. The third kappa shape index (κ3) is 2.51. The molecule has 2 rings (SSSR count). The van der Waals surface area contributed by atoms with Gasteiger partial charge in [0.05, 0.1) is 12.6 Å². The molecule has 74 valence electrons. The van der Waals surface area contributed by atoms with Gasteiger partial charge in [-0.1, -0.05) is 0 Å². The molecule has 0 spiro atoms. The third-order valence-electron chi connectivity index (χ3n) is 2.84. The minimum absolute atomic E-state index is 0.385. The molecule has 2 aliphatic rings. The summed E-state index contributed by atoms with van der Waals surface area (Å²) < 4.78 is 5.62. The van der Waals surface area contributed by atoms with Gasteiger partial charge < -0.3 is 4.74 Å². The standard InChI is InChI=1S/C10H17NO2/c12-9-4-5-11(7-9)8-10-3-1-2-6-13-10/h10H,1-8H2. The van der Waals surface area contributed by atoms with Crippen LogP contribution in [-0.2, 0) is 9.53 Å². The van der Waals surface area contributed by atoms with Crippen LogP contribution in [0.5, 0.6) is 0 Å². The van der Waals surface area contributed by atoms with Gasteiger partial charge in [0.1, 0.15) is 5.78 Å². The molecular formula is C10H17NO2. The van der Waals surface area contributed by atoms with E-state index >= 15 is 0 Å². The molecule has 0 aromatic heterocycles. The molecule has 0 aromatic carbocycles. The first-order chi connectivity index (χ1) is 6.34. The van der Waals surface area contributed by atoms with Gasteiger partial charge in [0.15, 0.2) is 0 Å². The number of carbonyl (C=O) groups excluding carboxylic acids is 1. The van der Waals surface area contributed by atoms with Crippen molar-refractivity contribution in [3.05, 3.63) is 0 Å². The van der Waals surface area contributed by atoms with Gasteiger partial charge in [0, 0.05) is 26.1 Å². The molecule has 13 heavy (non-hydrogen) atoms. The molecule has 1 unspecified atom stereocenters. The Hall–Kier alpha value is -0.410. The highest BCUT2D eigenvalue weighted by molar-refractivity contribution is 5.82. The highest BCUT2D eigenvalue weighted by atomic mass is 16.5. The molecule has 3 heteroatoms. The van der Waals surface area contributed by atoms with E-state index in [2.05, 4.69) is 4.90 Å². The monoisotopic (exact) mass is 183 g/mol. The largest absolute Gasteiger partial charge is 0.377 e. The minimum atomic E-state index is 0.385. The molecule has 2 aliphatic heterocycles.